The van der Waals surface area contributed by atoms with Crippen LogP contribution in [-0.2, 0) is 4.74 Å². The number of aliphatic hydroxyl groups excluding tert-OH is 4. The summed E-state index contributed by atoms with van der Waals surface area (Å²) in [6, 6.07) is 0. The Labute approximate surface area is 121 Å². The maximum atomic E-state index is 9.88. The summed E-state index contributed by atoms with van der Waals surface area (Å²) in [7, 11) is 0. The zero-order chi connectivity index (χ0) is 15.0. The molecule has 0 bridgehead atoms. The Morgan fingerprint density at radius 2 is 1.30 bits per heavy atom. The van der Waals surface area contributed by atoms with E-state index in [9.17, 15) is 15.3 Å². The second kappa shape index (κ2) is 9.68. The van der Waals surface area contributed by atoms with Crippen LogP contribution in [0.5, 0.6) is 0 Å². The molecule has 1 fully saturated rings. The topological polar surface area (TPSA) is 90.2 Å². The van der Waals surface area contributed by atoms with Gasteiger partial charge in [-0.15, -0.1) is 0 Å². The maximum Gasteiger partial charge on any atom is 0.111 e. The lowest BCUT2D eigenvalue weighted by atomic mass is 9.92. The van der Waals surface area contributed by atoms with Crippen LogP contribution in [0.25, 0.3) is 0 Å². The van der Waals surface area contributed by atoms with E-state index < -0.39 is 30.5 Å². The van der Waals surface area contributed by atoms with Crippen molar-refractivity contribution in [2.75, 3.05) is 6.61 Å². The highest BCUT2D eigenvalue weighted by molar-refractivity contribution is 4.91. The van der Waals surface area contributed by atoms with E-state index in [2.05, 4.69) is 6.92 Å². The fraction of sp³-hybridized carbons (Fsp3) is 1.00. The first-order valence-electron chi connectivity index (χ1n) is 7.92. The molecule has 4 N–H and O–H groups in total. The Balaban J connectivity index is 2.21. The van der Waals surface area contributed by atoms with Gasteiger partial charge in [-0.1, -0.05) is 51.9 Å². The van der Waals surface area contributed by atoms with Crippen LogP contribution in [0.2, 0.25) is 0 Å². The van der Waals surface area contributed by atoms with Crippen molar-refractivity contribution in [3.8, 4) is 0 Å². The summed E-state index contributed by atoms with van der Waals surface area (Å²) in [5.74, 6) is 0. The molecule has 1 aliphatic heterocycles. The lowest BCUT2D eigenvalue weighted by molar-refractivity contribution is -0.230. The van der Waals surface area contributed by atoms with Crippen molar-refractivity contribution in [1.82, 2.24) is 0 Å². The first-order valence-corrected chi connectivity index (χ1v) is 7.92. The van der Waals surface area contributed by atoms with E-state index in [1.165, 1.54) is 32.1 Å². The van der Waals surface area contributed by atoms with Crippen molar-refractivity contribution in [3.05, 3.63) is 0 Å². The molecule has 0 radical (unpaired) electrons. The highest BCUT2D eigenvalue weighted by Crippen LogP contribution is 2.24. The van der Waals surface area contributed by atoms with Crippen molar-refractivity contribution < 1.29 is 25.2 Å². The van der Waals surface area contributed by atoms with Gasteiger partial charge in [-0.3, -0.25) is 0 Å². The van der Waals surface area contributed by atoms with Crippen LogP contribution in [0, 0.1) is 0 Å². The van der Waals surface area contributed by atoms with Gasteiger partial charge >= 0.3 is 0 Å². The van der Waals surface area contributed by atoms with Crippen LogP contribution in [0.4, 0.5) is 0 Å². The molecular formula is C15H30O5. The summed E-state index contributed by atoms with van der Waals surface area (Å²) in [6.45, 7) is 1.84. The van der Waals surface area contributed by atoms with Crippen LogP contribution in [0.15, 0.2) is 0 Å². The number of ether oxygens (including phenoxy) is 1. The molecule has 0 aromatic rings. The van der Waals surface area contributed by atoms with E-state index in [0.717, 1.165) is 12.8 Å². The molecule has 0 saturated carbocycles. The van der Waals surface area contributed by atoms with Gasteiger partial charge in [0.15, 0.2) is 0 Å². The molecule has 20 heavy (non-hydrogen) atoms. The molecule has 0 aromatic carbocycles. The van der Waals surface area contributed by atoms with Crippen LogP contribution in [-0.4, -0.2) is 57.6 Å². The second-order valence-electron chi connectivity index (χ2n) is 5.78. The van der Waals surface area contributed by atoms with Crippen molar-refractivity contribution in [1.29, 1.82) is 0 Å². The van der Waals surface area contributed by atoms with Gasteiger partial charge in [0.05, 0.1) is 12.7 Å². The minimum absolute atomic E-state index is 0.349. The van der Waals surface area contributed by atoms with Gasteiger partial charge in [-0.05, 0) is 6.42 Å². The summed E-state index contributed by atoms with van der Waals surface area (Å²) in [6.07, 6.45) is 4.03. The number of hydrogen-bond donors (Lipinski definition) is 4. The minimum atomic E-state index is -1.24. The summed E-state index contributed by atoms with van der Waals surface area (Å²) in [5.41, 5.74) is 0. The summed E-state index contributed by atoms with van der Waals surface area (Å²) >= 11 is 0. The maximum absolute atomic E-state index is 9.88. The summed E-state index contributed by atoms with van der Waals surface area (Å²) in [5, 5.41) is 38.3. The van der Waals surface area contributed by atoms with Gasteiger partial charge in [-0.25, -0.2) is 0 Å². The third-order valence-electron chi connectivity index (χ3n) is 4.08. The Morgan fingerprint density at radius 1 is 0.750 bits per heavy atom. The monoisotopic (exact) mass is 290 g/mol. The second-order valence-corrected chi connectivity index (χ2v) is 5.78. The smallest absolute Gasteiger partial charge is 0.111 e. The highest BCUT2D eigenvalue weighted by Gasteiger charge is 2.42. The van der Waals surface area contributed by atoms with Crippen LogP contribution in [0.3, 0.4) is 0 Å². The van der Waals surface area contributed by atoms with E-state index >= 15 is 0 Å². The third-order valence-corrected chi connectivity index (χ3v) is 4.08. The Kier molecular flexibility index (Phi) is 8.64. The molecule has 1 heterocycles. The zero-order valence-corrected chi connectivity index (χ0v) is 12.4. The molecule has 1 rings (SSSR count). The number of unbranched alkanes of at least 4 members (excludes halogenated alkanes) is 6. The fourth-order valence-electron chi connectivity index (χ4n) is 2.72. The van der Waals surface area contributed by atoms with E-state index in [1.54, 1.807) is 0 Å². The zero-order valence-electron chi connectivity index (χ0n) is 12.4. The van der Waals surface area contributed by atoms with Gasteiger partial charge in [0.1, 0.15) is 24.4 Å². The normalized spacial score (nSPS) is 34.4. The Bertz CT molecular complexity index is 246. The molecule has 0 amide bonds. The largest absolute Gasteiger partial charge is 0.394 e. The molecule has 1 unspecified atom stereocenters. The number of rotatable bonds is 9. The molecule has 1 aliphatic rings. The van der Waals surface area contributed by atoms with Gasteiger partial charge in [-0.2, -0.15) is 0 Å². The first kappa shape index (κ1) is 17.9. The Morgan fingerprint density at radius 3 is 1.90 bits per heavy atom. The molecule has 5 nitrogen and oxygen atoms in total. The lowest BCUT2D eigenvalue weighted by Gasteiger charge is -2.40. The molecule has 1 saturated heterocycles. The van der Waals surface area contributed by atoms with E-state index in [4.69, 9.17) is 9.84 Å². The predicted molar refractivity (Wildman–Crippen MR) is 76.4 cm³/mol. The molecule has 5 atom stereocenters. The molecular weight excluding hydrogens is 260 g/mol. The van der Waals surface area contributed by atoms with E-state index in [0.29, 0.717) is 6.42 Å². The first-order chi connectivity index (χ1) is 9.61. The third kappa shape index (κ3) is 5.30. The molecule has 5 heteroatoms. The Hall–Kier alpha value is -0.200. The van der Waals surface area contributed by atoms with Crippen LogP contribution < -0.4 is 0 Å². The average molecular weight is 290 g/mol. The SMILES string of the molecule is CCCCCCCCCC1O[C@H](CO)[C@H](O)[C@H](O)[C@H]1O. The summed E-state index contributed by atoms with van der Waals surface area (Å²) in [4.78, 5) is 0. The highest BCUT2D eigenvalue weighted by atomic mass is 16.5. The van der Waals surface area contributed by atoms with E-state index in [-0.39, 0.29) is 6.61 Å². The fourth-order valence-corrected chi connectivity index (χ4v) is 2.72. The van der Waals surface area contributed by atoms with Crippen molar-refractivity contribution in [2.24, 2.45) is 0 Å². The van der Waals surface area contributed by atoms with Crippen molar-refractivity contribution in [3.63, 3.8) is 0 Å². The predicted octanol–water partition coefficient (Wildman–Crippen LogP) is 0.969. The lowest BCUT2D eigenvalue weighted by Crippen LogP contribution is -2.58. The number of aliphatic hydroxyl groups is 4. The molecule has 0 aromatic heterocycles. The van der Waals surface area contributed by atoms with Gasteiger partial charge < -0.3 is 25.2 Å². The summed E-state index contributed by atoms with van der Waals surface area (Å²) < 4.78 is 5.47. The van der Waals surface area contributed by atoms with Crippen molar-refractivity contribution >= 4 is 0 Å². The molecule has 0 aliphatic carbocycles. The number of hydrogen-bond acceptors (Lipinski definition) is 5. The molecule has 0 spiro atoms. The quantitative estimate of drug-likeness (QED) is 0.475. The van der Waals surface area contributed by atoms with E-state index in [1.807, 2.05) is 0 Å². The minimum Gasteiger partial charge on any atom is -0.394 e. The van der Waals surface area contributed by atoms with Gasteiger partial charge in [0.25, 0.3) is 0 Å². The van der Waals surface area contributed by atoms with Crippen molar-refractivity contribution in [2.45, 2.75) is 88.8 Å². The van der Waals surface area contributed by atoms with Crippen LogP contribution >= 0.6 is 0 Å². The standard InChI is InChI=1S/C15H30O5/c1-2-3-4-5-6-7-8-9-11-13(17)15(19)14(18)12(10-16)20-11/h11-19H,2-10H2,1H3/t11?,12-,13+,14+,15-/m1/s1. The van der Waals surface area contributed by atoms with Gasteiger partial charge in [0, 0.05) is 0 Å². The van der Waals surface area contributed by atoms with Crippen LogP contribution in [0.1, 0.15) is 58.3 Å². The average Bonchev–Trinajstić information content (AvgIpc) is 2.46. The molecule has 120 valence electrons. The van der Waals surface area contributed by atoms with Gasteiger partial charge in [0.2, 0.25) is 0 Å².